The van der Waals surface area contributed by atoms with Crippen molar-refractivity contribution in [2.24, 2.45) is 0 Å². The Morgan fingerprint density at radius 3 is 2.78 bits per heavy atom. The number of ether oxygens (including phenoxy) is 2. The van der Waals surface area contributed by atoms with Crippen molar-refractivity contribution in [3.63, 3.8) is 0 Å². The predicted molar refractivity (Wildman–Crippen MR) is 92.5 cm³/mol. The van der Waals surface area contributed by atoms with E-state index in [1.165, 1.54) is 0 Å². The summed E-state index contributed by atoms with van der Waals surface area (Å²) in [5.41, 5.74) is 0.823. The Morgan fingerprint density at radius 2 is 2.00 bits per heavy atom. The van der Waals surface area contributed by atoms with Gasteiger partial charge in [-0.3, -0.25) is 5.32 Å². The summed E-state index contributed by atoms with van der Waals surface area (Å²) in [5.74, 6) is 2.00. The summed E-state index contributed by atoms with van der Waals surface area (Å²) in [5, 5.41) is 11.1. The largest absolute Gasteiger partial charge is 0.497 e. The lowest BCUT2D eigenvalue weighted by molar-refractivity contribution is 0.415. The molecule has 116 valence electrons. The molecule has 0 aliphatic carbocycles. The van der Waals surface area contributed by atoms with Crippen LogP contribution in [0.3, 0.4) is 0 Å². The maximum absolute atomic E-state index is 5.70. The third-order valence-electron chi connectivity index (χ3n) is 3.07. The first-order valence-corrected chi connectivity index (χ1v) is 8.87. The van der Waals surface area contributed by atoms with Crippen LogP contribution in [0.25, 0.3) is 11.5 Å². The lowest BCUT2D eigenvalue weighted by Crippen LogP contribution is -2.14. The molecule has 0 unspecified atom stereocenters. The molecule has 1 aliphatic rings. The van der Waals surface area contributed by atoms with Crippen molar-refractivity contribution in [2.75, 3.05) is 12.4 Å². The zero-order valence-corrected chi connectivity index (χ0v) is 14.1. The first-order chi connectivity index (χ1) is 11.3. The number of hydrogen-bond acceptors (Lipinski definition) is 7. The van der Waals surface area contributed by atoms with Crippen LogP contribution in [0.15, 0.2) is 47.0 Å². The van der Waals surface area contributed by atoms with Gasteiger partial charge in [0.1, 0.15) is 9.45 Å². The Bertz CT molecular complexity index is 876. The van der Waals surface area contributed by atoms with Gasteiger partial charge in [0.25, 0.3) is 0 Å². The molecule has 23 heavy (non-hydrogen) atoms. The second kappa shape index (κ2) is 5.95. The van der Waals surface area contributed by atoms with E-state index in [0.717, 1.165) is 24.6 Å². The molecule has 7 nitrogen and oxygen atoms in total. The number of rotatable bonds is 4. The van der Waals surface area contributed by atoms with Gasteiger partial charge in [0.2, 0.25) is 9.71 Å². The molecule has 0 amide bonds. The molecule has 0 saturated carbocycles. The molecule has 1 aliphatic heterocycles. The number of hydrogen-bond donors (Lipinski definition) is 1. The highest BCUT2D eigenvalue weighted by Crippen LogP contribution is 2.30. The summed E-state index contributed by atoms with van der Waals surface area (Å²) in [6.07, 6.45) is 1.76. The average molecular weight is 422 g/mol. The first-order valence-electron chi connectivity index (χ1n) is 6.71. The number of halogens is 1. The van der Waals surface area contributed by atoms with Crippen LogP contribution in [0.1, 0.15) is 0 Å². The fourth-order valence-electron chi connectivity index (χ4n) is 1.97. The third-order valence-corrected chi connectivity index (χ3v) is 5.37. The van der Waals surface area contributed by atoms with Gasteiger partial charge in [-0.05, 0) is 36.4 Å². The van der Waals surface area contributed by atoms with Crippen molar-refractivity contribution < 1.29 is 13.9 Å². The van der Waals surface area contributed by atoms with Gasteiger partial charge in [-0.25, -0.2) is 4.98 Å². The summed E-state index contributed by atoms with van der Waals surface area (Å²) in [7, 11) is 1.62. The molecule has 0 atom stereocenters. The predicted octanol–water partition coefficient (Wildman–Crippen LogP) is 2.87. The van der Waals surface area contributed by atoms with Gasteiger partial charge in [-0.2, -0.15) is 0 Å². The highest BCUT2D eigenvalue weighted by molar-refractivity contribution is 14.2. The number of nitrogens with zero attached hydrogens (tertiary/aromatic N) is 3. The normalized spacial score (nSPS) is 12.7. The van der Waals surface area contributed by atoms with Crippen molar-refractivity contribution in [3.05, 3.63) is 46.3 Å². The van der Waals surface area contributed by atoms with Crippen molar-refractivity contribution in [1.82, 2.24) is 15.2 Å². The Balaban J connectivity index is 1.50. The van der Waals surface area contributed by atoms with E-state index in [1.54, 1.807) is 13.3 Å². The molecule has 0 saturated heterocycles. The average Bonchev–Trinajstić information content (AvgIpc) is 3.21. The van der Waals surface area contributed by atoms with E-state index < -0.39 is 20.7 Å². The Morgan fingerprint density at radius 1 is 1.13 bits per heavy atom. The second-order valence-electron chi connectivity index (χ2n) is 4.53. The Labute approximate surface area is 141 Å². The maximum atomic E-state index is 5.70. The molecule has 1 N–H and O–H groups in total. The third kappa shape index (κ3) is 2.89. The number of benzene rings is 1. The van der Waals surface area contributed by atoms with Crippen LogP contribution in [-0.4, -0.2) is 26.1 Å². The molecule has 1 aromatic carbocycles. The van der Waals surface area contributed by atoms with E-state index in [0.29, 0.717) is 11.9 Å². The van der Waals surface area contributed by atoms with Crippen molar-refractivity contribution in [2.45, 2.75) is 0 Å². The van der Waals surface area contributed by atoms with E-state index in [4.69, 9.17) is 13.9 Å². The van der Waals surface area contributed by atoms with Crippen molar-refractivity contribution >= 4 is 30.6 Å². The van der Waals surface area contributed by atoms with Crippen LogP contribution < -0.4 is 14.8 Å². The molecule has 0 fully saturated rings. The molecule has 0 spiro atoms. The van der Waals surface area contributed by atoms with Crippen LogP contribution in [0.5, 0.6) is 11.5 Å². The second-order valence-corrected chi connectivity index (χ2v) is 7.07. The van der Waals surface area contributed by atoms with Crippen molar-refractivity contribution in [1.29, 1.82) is 0 Å². The highest BCUT2D eigenvalue weighted by Gasteiger charge is 2.18. The van der Waals surface area contributed by atoms with E-state index in [9.17, 15) is 0 Å². The monoisotopic (exact) mass is 422 g/mol. The highest BCUT2D eigenvalue weighted by atomic mass is 127. The molecule has 3 aromatic rings. The number of methoxy groups -OCH3 is 1. The Hall–Kier alpha value is -2.49. The van der Waals surface area contributed by atoms with Crippen LogP contribution in [0, 0.1) is 3.70 Å². The summed E-state index contributed by atoms with van der Waals surface area (Å²) in [6.45, 7) is 0. The van der Waals surface area contributed by atoms with Crippen LogP contribution in [0.4, 0.5) is 6.01 Å². The molecule has 2 aromatic heterocycles. The molecule has 3 heterocycles. The lowest BCUT2D eigenvalue weighted by Gasteiger charge is -2.02. The number of aromatic nitrogens is 3. The quantitative estimate of drug-likeness (QED) is 0.512. The van der Waals surface area contributed by atoms with Gasteiger partial charge in [0.15, 0.2) is 5.75 Å². The SMILES string of the molecule is COc1ccc(-c2nnc(NC3=Ic4ncccc4O3)o2)cc1. The minimum absolute atomic E-state index is 0.304. The number of anilines is 1. The smallest absolute Gasteiger partial charge is 0.323 e. The van der Waals surface area contributed by atoms with Gasteiger partial charge in [0, 0.05) is 32.5 Å². The van der Waals surface area contributed by atoms with E-state index in [-0.39, 0.29) is 0 Å². The standard InChI is InChI=1S/C15H11IN4O3/c1-21-10-6-4-9(5-7-10)13-19-20-15(23-13)18-14-16-12-11(22-14)3-2-8-17-12/h2-8H,1H3,(H,18,20). The zero-order chi connectivity index (χ0) is 15.6. The topological polar surface area (TPSA) is 82.3 Å². The number of fused-ring (bicyclic) bond motifs is 1. The summed E-state index contributed by atoms with van der Waals surface area (Å²) >= 11 is -0.494. The summed E-state index contributed by atoms with van der Waals surface area (Å²) in [6, 6.07) is 11.5. The van der Waals surface area contributed by atoms with Gasteiger partial charge < -0.3 is 13.9 Å². The van der Waals surface area contributed by atoms with Crippen molar-refractivity contribution in [3.8, 4) is 23.0 Å². The van der Waals surface area contributed by atoms with E-state index in [2.05, 4.69) is 20.5 Å². The minimum atomic E-state index is -0.494. The lowest BCUT2D eigenvalue weighted by atomic mass is 10.2. The van der Waals surface area contributed by atoms with Gasteiger partial charge in [-0.1, -0.05) is 5.10 Å². The minimum Gasteiger partial charge on any atom is -0.497 e. The first kappa shape index (κ1) is 14.1. The molecule has 0 radical (unpaired) electrons. The number of pyridine rings is 1. The Kier molecular flexibility index (Phi) is 3.66. The van der Waals surface area contributed by atoms with Crippen LogP contribution in [-0.2, 0) is 0 Å². The molecule has 8 heteroatoms. The van der Waals surface area contributed by atoms with Crippen LogP contribution >= 0.6 is 20.7 Å². The molecular weight excluding hydrogens is 411 g/mol. The molecule has 0 bridgehead atoms. The van der Waals surface area contributed by atoms with Gasteiger partial charge in [0.05, 0.1) is 7.11 Å². The van der Waals surface area contributed by atoms with Gasteiger partial charge >= 0.3 is 6.01 Å². The number of nitrogens with one attached hydrogen (secondary N) is 1. The molecular formula is C15H11IN4O3. The maximum Gasteiger partial charge on any atom is 0.323 e. The van der Waals surface area contributed by atoms with E-state index >= 15 is 0 Å². The summed E-state index contributed by atoms with van der Waals surface area (Å²) in [4.78, 5) is 4.30. The zero-order valence-electron chi connectivity index (χ0n) is 12.0. The fraction of sp³-hybridized carbons (Fsp3) is 0.0667. The van der Waals surface area contributed by atoms with Gasteiger partial charge in [-0.15, -0.1) is 5.10 Å². The van der Waals surface area contributed by atoms with Crippen LogP contribution in [0.2, 0.25) is 0 Å². The fourth-order valence-corrected chi connectivity index (χ4v) is 4.01. The van der Waals surface area contributed by atoms with E-state index in [1.807, 2.05) is 36.4 Å². The molecule has 4 rings (SSSR count). The summed E-state index contributed by atoms with van der Waals surface area (Å²) < 4.78 is 18.2.